The zero-order valence-corrected chi connectivity index (χ0v) is 17.8. The number of amides is 1. The molecule has 33 heavy (non-hydrogen) atoms. The van der Waals surface area contributed by atoms with Gasteiger partial charge in [0.2, 0.25) is 17.7 Å². The molecule has 1 amide bonds. The van der Waals surface area contributed by atoms with Crippen molar-refractivity contribution in [3.8, 4) is 11.5 Å². The fourth-order valence-electron chi connectivity index (χ4n) is 3.04. The van der Waals surface area contributed by atoms with Crippen LogP contribution in [-0.4, -0.2) is 40.1 Å². The second kappa shape index (κ2) is 10.8. The van der Waals surface area contributed by atoms with Gasteiger partial charge in [0.1, 0.15) is 6.54 Å². The highest BCUT2D eigenvalue weighted by Crippen LogP contribution is 2.29. The molecule has 1 aromatic heterocycles. The van der Waals surface area contributed by atoms with E-state index in [0.717, 1.165) is 17.7 Å². The van der Waals surface area contributed by atoms with E-state index in [1.54, 1.807) is 6.92 Å². The standard InChI is InChI=1S/C23H22F3N3O4/c1-2-32-21(31)15-29(14-16-8-10-18(11-9-16)23(24,25)26)20(30)13-12-19-27-28-22(33-19)17-6-4-3-5-7-17/h3-11H,2,12-15H2,1H3. The predicted molar refractivity (Wildman–Crippen MR) is 112 cm³/mol. The lowest BCUT2D eigenvalue weighted by Gasteiger charge is -2.22. The second-order valence-electron chi connectivity index (χ2n) is 7.12. The molecule has 0 atom stereocenters. The Morgan fingerprint density at radius 3 is 2.36 bits per heavy atom. The summed E-state index contributed by atoms with van der Waals surface area (Å²) in [6.07, 6.45) is -4.34. The molecule has 0 N–H and O–H groups in total. The van der Waals surface area contributed by atoms with Gasteiger partial charge in [-0.2, -0.15) is 13.2 Å². The van der Waals surface area contributed by atoms with Crippen LogP contribution in [0, 0.1) is 0 Å². The molecule has 1 heterocycles. The fourth-order valence-corrected chi connectivity index (χ4v) is 3.04. The number of aromatic nitrogens is 2. The van der Waals surface area contributed by atoms with Crippen LogP contribution in [0.3, 0.4) is 0 Å². The number of carbonyl (C=O) groups excluding carboxylic acids is 2. The van der Waals surface area contributed by atoms with E-state index in [1.807, 2.05) is 30.3 Å². The van der Waals surface area contributed by atoms with Gasteiger partial charge in [0.15, 0.2) is 0 Å². The summed E-state index contributed by atoms with van der Waals surface area (Å²) in [5.74, 6) is -0.427. The Bertz CT molecular complexity index is 1070. The number of carbonyl (C=O) groups is 2. The number of halogens is 3. The van der Waals surface area contributed by atoms with Crippen LogP contribution < -0.4 is 0 Å². The van der Waals surface area contributed by atoms with Crippen LogP contribution in [0.15, 0.2) is 59.0 Å². The van der Waals surface area contributed by atoms with Crippen LogP contribution in [0.4, 0.5) is 13.2 Å². The molecule has 0 aliphatic carbocycles. The molecule has 0 radical (unpaired) electrons. The molecule has 2 aromatic carbocycles. The second-order valence-corrected chi connectivity index (χ2v) is 7.12. The Morgan fingerprint density at radius 2 is 1.73 bits per heavy atom. The van der Waals surface area contributed by atoms with E-state index >= 15 is 0 Å². The molecule has 0 fully saturated rings. The number of ether oxygens (including phenoxy) is 1. The van der Waals surface area contributed by atoms with Crippen LogP contribution in [-0.2, 0) is 33.5 Å². The number of nitrogens with zero attached hydrogens (tertiary/aromatic N) is 3. The number of esters is 1. The van der Waals surface area contributed by atoms with Crippen LogP contribution in [0.5, 0.6) is 0 Å². The minimum Gasteiger partial charge on any atom is -0.465 e. The van der Waals surface area contributed by atoms with Gasteiger partial charge < -0.3 is 14.1 Å². The maximum absolute atomic E-state index is 12.8. The fraction of sp³-hybridized carbons (Fsp3) is 0.304. The topological polar surface area (TPSA) is 85.5 Å². The normalized spacial score (nSPS) is 11.3. The van der Waals surface area contributed by atoms with E-state index in [4.69, 9.17) is 9.15 Å². The largest absolute Gasteiger partial charge is 0.465 e. The predicted octanol–water partition coefficient (Wildman–Crippen LogP) is 4.28. The highest BCUT2D eigenvalue weighted by molar-refractivity contribution is 5.82. The lowest BCUT2D eigenvalue weighted by Crippen LogP contribution is -2.36. The van der Waals surface area contributed by atoms with Crippen LogP contribution in [0.25, 0.3) is 11.5 Å². The Morgan fingerprint density at radius 1 is 1.03 bits per heavy atom. The minimum atomic E-state index is -4.46. The van der Waals surface area contributed by atoms with E-state index in [0.29, 0.717) is 11.5 Å². The van der Waals surface area contributed by atoms with Crippen LogP contribution in [0.2, 0.25) is 0 Å². The summed E-state index contributed by atoms with van der Waals surface area (Å²) in [4.78, 5) is 26.0. The van der Waals surface area contributed by atoms with Crippen molar-refractivity contribution in [1.29, 1.82) is 0 Å². The molecule has 3 rings (SSSR count). The van der Waals surface area contributed by atoms with Crippen molar-refractivity contribution in [3.63, 3.8) is 0 Å². The zero-order chi connectivity index (χ0) is 23.8. The molecular formula is C23H22F3N3O4. The molecule has 0 spiro atoms. The van der Waals surface area contributed by atoms with Gasteiger partial charge in [-0.25, -0.2) is 0 Å². The van der Waals surface area contributed by atoms with Gasteiger partial charge in [0.05, 0.1) is 12.2 Å². The maximum atomic E-state index is 12.8. The smallest absolute Gasteiger partial charge is 0.416 e. The molecule has 10 heteroatoms. The molecular weight excluding hydrogens is 439 g/mol. The van der Waals surface area contributed by atoms with Crippen molar-refractivity contribution >= 4 is 11.9 Å². The number of benzene rings is 2. The monoisotopic (exact) mass is 461 g/mol. The number of alkyl halides is 3. The average Bonchev–Trinajstić information content (AvgIpc) is 3.27. The van der Waals surface area contributed by atoms with Crippen molar-refractivity contribution in [2.75, 3.05) is 13.2 Å². The molecule has 0 unspecified atom stereocenters. The molecule has 0 saturated carbocycles. The van der Waals surface area contributed by atoms with Crippen molar-refractivity contribution in [2.45, 2.75) is 32.5 Å². The summed E-state index contributed by atoms with van der Waals surface area (Å²) in [7, 11) is 0. The van der Waals surface area contributed by atoms with Gasteiger partial charge in [-0.15, -0.1) is 10.2 Å². The Balaban J connectivity index is 1.66. The first kappa shape index (κ1) is 24.0. The highest BCUT2D eigenvalue weighted by atomic mass is 19.4. The van der Waals surface area contributed by atoms with Crippen molar-refractivity contribution < 1.29 is 31.9 Å². The lowest BCUT2D eigenvalue weighted by atomic mass is 10.1. The van der Waals surface area contributed by atoms with Crippen molar-refractivity contribution in [1.82, 2.24) is 15.1 Å². The first-order valence-electron chi connectivity index (χ1n) is 10.2. The first-order chi connectivity index (χ1) is 15.8. The third kappa shape index (κ3) is 6.90. The highest BCUT2D eigenvalue weighted by Gasteiger charge is 2.30. The third-order valence-corrected chi connectivity index (χ3v) is 4.67. The van der Waals surface area contributed by atoms with E-state index in [1.165, 1.54) is 17.0 Å². The summed E-state index contributed by atoms with van der Waals surface area (Å²) in [5, 5.41) is 7.92. The molecule has 174 valence electrons. The summed E-state index contributed by atoms with van der Waals surface area (Å²) in [6.45, 7) is 1.41. The molecule has 0 bridgehead atoms. The molecule has 7 nitrogen and oxygen atoms in total. The summed E-state index contributed by atoms with van der Waals surface area (Å²) in [5.41, 5.74) is 0.402. The van der Waals surface area contributed by atoms with Crippen LogP contribution in [0.1, 0.15) is 30.4 Å². The van der Waals surface area contributed by atoms with E-state index in [-0.39, 0.29) is 38.4 Å². The van der Waals surface area contributed by atoms with Gasteiger partial charge in [-0.05, 0) is 36.8 Å². The summed E-state index contributed by atoms with van der Waals surface area (Å²) in [6, 6.07) is 13.6. The van der Waals surface area contributed by atoms with Gasteiger partial charge in [-0.3, -0.25) is 9.59 Å². The Hall–Kier alpha value is -3.69. The van der Waals surface area contributed by atoms with Gasteiger partial charge in [0, 0.05) is 24.9 Å². The number of hydrogen-bond donors (Lipinski definition) is 0. The molecule has 0 aliphatic heterocycles. The SMILES string of the molecule is CCOC(=O)CN(Cc1ccc(C(F)(F)F)cc1)C(=O)CCc1nnc(-c2ccccc2)o1. The van der Waals surface area contributed by atoms with Gasteiger partial charge >= 0.3 is 12.1 Å². The van der Waals surface area contributed by atoms with E-state index < -0.39 is 23.6 Å². The van der Waals surface area contributed by atoms with Crippen molar-refractivity contribution in [2.24, 2.45) is 0 Å². The van der Waals surface area contributed by atoms with Crippen LogP contribution >= 0.6 is 0 Å². The maximum Gasteiger partial charge on any atom is 0.416 e. The average molecular weight is 461 g/mol. The summed E-state index contributed by atoms with van der Waals surface area (Å²) < 4.78 is 48.9. The number of aryl methyl sites for hydroxylation is 1. The van der Waals surface area contributed by atoms with Gasteiger partial charge in [-0.1, -0.05) is 30.3 Å². The van der Waals surface area contributed by atoms with E-state index in [2.05, 4.69) is 10.2 Å². The quantitative estimate of drug-likeness (QED) is 0.442. The molecule has 0 aliphatic rings. The van der Waals surface area contributed by atoms with Crippen molar-refractivity contribution in [3.05, 3.63) is 71.6 Å². The third-order valence-electron chi connectivity index (χ3n) is 4.67. The molecule has 3 aromatic rings. The first-order valence-corrected chi connectivity index (χ1v) is 10.2. The lowest BCUT2D eigenvalue weighted by molar-refractivity contribution is -0.149. The number of hydrogen-bond acceptors (Lipinski definition) is 6. The van der Waals surface area contributed by atoms with E-state index in [9.17, 15) is 22.8 Å². The zero-order valence-electron chi connectivity index (χ0n) is 17.8. The minimum absolute atomic E-state index is 0.0313. The summed E-state index contributed by atoms with van der Waals surface area (Å²) >= 11 is 0. The number of rotatable bonds is 9. The molecule has 0 saturated heterocycles. The Labute approximate surface area is 188 Å². The Kier molecular flexibility index (Phi) is 7.81. The van der Waals surface area contributed by atoms with Gasteiger partial charge in [0.25, 0.3) is 0 Å².